The van der Waals surface area contributed by atoms with Crippen LogP contribution in [0, 0.1) is 5.92 Å². The third-order valence-electron chi connectivity index (χ3n) is 7.16. The Bertz CT molecular complexity index is 1280. The van der Waals surface area contributed by atoms with Crippen molar-refractivity contribution in [2.24, 2.45) is 5.92 Å². The number of carbonyl (C=O) groups is 1. The number of aliphatic carboxylic acids is 1. The van der Waals surface area contributed by atoms with Gasteiger partial charge < -0.3 is 29.2 Å². The van der Waals surface area contributed by atoms with E-state index in [4.69, 9.17) is 18.9 Å². The highest BCUT2D eigenvalue weighted by Gasteiger charge is 2.55. The maximum absolute atomic E-state index is 13.0. The minimum Gasteiger partial charge on any atom is -0.508 e. The average molecular weight is 477 g/mol. The number of hydrogen-bond donors (Lipinski definition) is 2. The van der Waals surface area contributed by atoms with Crippen molar-refractivity contribution >= 4 is 5.97 Å². The van der Waals surface area contributed by atoms with Crippen molar-refractivity contribution in [3.05, 3.63) is 76.9 Å². The van der Waals surface area contributed by atoms with Crippen LogP contribution in [0.5, 0.6) is 28.7 Å². The highest BCUT2D eigenvalue weighted by molar-refractivity contribution is 5.80. The highest BCUT2D eigenvalue weighted by atomic mass is 16.7. The largest absolute Gasteiger partial charge is 0.508 e. The van der Waals surface area contributed by atoms with E-state index >= 15 is 0 Å². The molecule has 7 heteroatoms. The molecule has 1 heterocycles. The van der Waals surface area contributed by atoms with Gasteiger partial charge in [-0.25, -0.2) is 0 Å². The van der Waals surface area contributed by atoms with Crippen molar-refractivity contribution in [2.45, 2.75) is 31.6 Å². The molecule has 2 aliphatic rings. The fourth-order valence-corrected chi connectivity index (χ4v) is 5.47. The van der Waals surface area contributed by atoms with Crippen LogP contribution in [0.3, 0.4) is 0 Å². The van der Waals surface area contributed by atoms with Gasteiger partial charge in [0.2, 0.25) is 6.79 Å². The molecular formula is C28H28O7. The van der Waals surface area contributed by atoms with Crippen LogP contribution in [0.25, 0.3) is 0 Å². The van der Waals surface area contributed by atoms with Gasteiger partial charge in [0.25, 0.3) is 0 Å². The normalized spacial score (nSPS) is 22.0. The molecular weight excluding hydrogens is 448 g/mol. The van der Waals surface area contributed by atoms with Crippen LogP contribution in [0.1, 0.15) is 48.4 Å². The van der Waals surface area contributed by atoms with Crippen molar-refractivity contribution in [3.63, 3.8) is 0 Å². The number of hydrogen-bond acceptors (Lipinski definition) is 6. The lowest BCUT2D eigenvalue weighted by Crippen LogP contribution is -2.37. The van der Waals surface area contributed by atoms with Crippen molar-refractivity contribution in [1.29, 1.82) is 0 Å². The number of carboxylic acid groups (broad SMARTS) is 1. The molecule has 35 heavy (non-hydrogen) atoms. The van der Waals surface area contributed by atoms with E-state index in [0.717, 1.165) is 23.1 Å². The SMILES string of the molecule is CCCOc1ccc2c(c1)[C@@H](c1ccc(OC)cc1O)[C@@H](C(=O)O)[C@@]2(C)c1ccc2c(c1)OCO2. The van der Waals surface area contributed by atoms with Gasteiger partial charge in [-0.15, -0.1) is 0 Å². The van der Waals surface area contributed by atoms with Crippen LogP contribution in [0.2, 0.25) is 0 Å². The number of aromatic hydroxyl groups is 1. The molecule has 5 rings (SSSR count). The van der Waals surface area contributed by atoms with Gasteiger partial charge >= 0.3 is 5.97 Å². The monoisotopic (exact) mass is 476 g/mol. The Hall–Kier alpha value is -3.87. The molecule has 0 saturated heterocycles. The minimum absolute atomic E-state index is 0.0126. The summed E-state index contributed by atoms with van der Waals surface area (Å²) in [5.74, 6) is -0.104. The first kappa shape index (κ1) is 22.9. The summed E-state index contributed by atoms with van der Waals surface area (Å²) < 4.78 is 22.2. The van der Waals surface area contributed by atoms with E-state index in [1.165, 1.54) is 13.2 Å². The second-order valence-corrected chi connectivity index (χ2v) is 9.09. The fourth-order valence-electron chi connectivity index (χ4n) is 5.47. The molecule has 3 aromatic carbocycles. The summed E-state index contributed by atoms with van der Waals surface area (Å²) in [5.41, 5.74) is 2.09. The summed E-state index contributed by atoms with van der Waals surface area (Å²) in [7, 11) is 1.52. The third-order valence-corrected chi connectivity index (χ3v) is 7.16. The van der Waals surface area contributed by atoms with E-state index in [2.05, 4.69) is 0 Å². The standard InChI is InChI=1S/C28H28O7/c1-4-11-33-18-7-9-21-20(13-18)25(19-8-6-17(32-3)14-22(19)29)26(27(30)31)28(21,2)16-5-10-23-24(12-16)35-15-34-23/h5-10,12-14,25-26,29H,4,11,15H2,1-3H3,(H,30,31)/t25-,26+,28+/m1/s1. The molecule has 0 aromatic heterocycles. The molecule has 1 aliphatic heterocycles. The molecule has 0 fully saturated rings. The summed E-state index contributed by atoms with van der Waals surface area (Å²) in [5, 5.41) is 21.6. The Morgan fingerprint density at radius 1 is 1.03 bits per heavy atom. The molecule has 0 bridgehead atoms. The summed E-state index contributed by atoms with van der Waals surface area (Å²) in [6.45, 7) is 4.66. The molecule has 7 nitrogen and oxygen atoms in total. The number of phenols is 1. The molecule has 2 N–H and O–H groups in total. The average Bonchev–Trinajstić information content (AvgIpc) is 3.43. The Labute approximate surface area is 203 Å². The van der Waals surface area contributed by atoms with Crippen LogP contribution < -0.4 is 18.9 Å². The van der Waals surface area contributed by atoms with Gasteiger partial charge in [-0.2, -0.15) is 0 Å². The van der Waals surface area contributed by atoms with Crippen LogP contribution >= 0.6 is 0 Å². The minimum atomic E-state index is -0.961. The van der Waals surface area contributed by atoms with Gasteiger partial charge in [0.05, 0.1) is 19.6 Å². The zero-order valence-electron chi connectivity index (χ0n) is 19.9. The molecule has 0 radical (unpaired) electrons. The van der Waals surface area contributed by atoms with E-state index in [9.17, 15) is 15.0 Å². The van der Waals surface area contributed by atoms with Crippen molar-refractivity contribution in [1.82, 2.24) is 0 Å². The molecule has 0 unspecified atom stereocenters. The number of ether oxygens (including phenoxy) is 4. The third kappa shape index (κ3) is 3.62. The van der Waals surface area contributed by atoms with Crippen molar-refractivity contribution < 1.29 is 34.0 Å². The van der Waals surface area contributed by atoms with Crippen molar-refractivity contribution in [2.75, 3.05) is 20.5 Å². The van der Waals surface area contributed by atoms with Gasteiger partial charge in [-0.1, -0.05) is 32.0 Å². The van der Waals surface area contributed by atoms with E-state index in [1.807, 2.05) is 50.2 Å². The predicted octanol–water partition coefficient (Wildman–Crippen LogP) is 5.07. The van der Waals surface area contributed by atoms with Gasteiger partial charge in [0.15, 0.2) is 11.5 Å². The fraction of sp³-hybridized carbons (Fsp3) is 0.321. The lowest BCUT2D eigenvalue weighted by molar-refractivity contribution is -0.143. The van der Waals surface area contributed by atoms with Crippen LogP contribution in [-0.4, -0.2) is 36.7 Å². The maximum Gasteiger partial charge on any atom is 0.308 e. The molecule has 1 aliphatic carbocycles. The smallest absolute Gasteiger partial charge is 0.308 e. The van der Waals surface area contributed by atoms with Gasteiger partial charge in [-0.3, -0.25) is 4.79 Å². The van der Waals surface area contributed by atoms with E-state index in [1.54, 1.807) is 12.1 Å². The quantitative estimate of drug-likeness (QED) is 0.492. The maximum atomic E-state index is 13.0. The molecule has 3 aromatic rings. The second-order valence-electron chi connectivity index (χ2n) is 9.09. The lowest BCUT2D eigenvalue weighted by Gasteiger charge is -2.33. The van der Waals surface area contributed by atoms with Crippen LogP contribution in [0.4, 0.5) is 0 Å². The summed E-state index contributed by atoms with van der Waals surface area (Å²) in [6, 6.07) is 16.3. The second kappa shape index (κ2) is 8.73. The number of fused-ring (bicyclic) bond motifs is 2. The van der Waals surface area contributed by atoms with Gasteiger partial charge in [0, 0.05) is 23.0 Å². The Morgan fingerprint density at radius 2 is 1.80 bits per heavy atom. The Balaban J connectivity index is 1.74. The summed E-state index contributed by atoms with van der Waals surface area (Å²) in [6.07, 6.45) is 0.854. The molecule has 3 atom stereocenters. The predicted molar refractivity (Wildman–Crippen MR) is 129 cm³/mol. The van der Waals surface area contributed by atoms with E-state index in [0.29, 0.717) is 35.2 Å². The molecule has 182 valence electrons. The topological polar surface area (TPSA) is 94.5 Å². The van der Waals surface area contributed by atoms with Gasteiger partial charge in [-0.05, 0) is 53.4 Å². The van der Waals surface area contributed by atoms with Crippen molar-refractivity contribution in [3.8, 4) is 28.7 Å². The Morgan fingerprint density at radius 3 is 2.51 bits per heavy atom. The number of carboxylic acids is 1. The highest BCUT2D eigenvalue weighted by Crippen LogP contribution is 2.59. The first-order chi connectivity index (χ1) is 16.9. The summed E-state index contributed by atoms with van der Waals surface area (Å²) in [4.78, 5) is 13.0. The van der Waals surface area contributed by atoms with E-state index < -0.39 is 23.2 Å². The Kier molecular flexibility index (Phi) is 5.71. The first-order valence-electron chi connectivity index (χ1n) is 11.7. The van der Waals surface area contributed by atoms with Crippen LogP contribution in [0.15, 0.2) is 54.6 Å². The van der Waals surface area contributed by atoms with Crippen LogP contribution in [-0.2, 0) is 10.2 Å². The number of benzene rings is 3. The molecule has 0 saturated carbocycles. The lowest BCUT2D eigenvalue weighted by atomic mass is 9.68. The zero-order valence-corrected chi connectivity index (χ0v) is 19.9. The first-order valence-corrected chi connectivity index (χ1v) is 11.7. The number of phenolic OH excluding ortho intramolecular Hbond substituents is 1. The molecule has 0 spiro atoms. The number of methoxy groups -OCH3 is 1. The van der Waals surface area contributed by atoms with Gasteiger partial charge in [0.1, 0.15) is 17.2 Å². The summed E-state index contributed by atoms with van der Waals surface area (Å²) >= 11 is 0. The number of rotatable bonds is 7. The molecule has 0 amide bonds. The zero-order chi connectivity index (χ0) is 24.7. The van der Waals surface area contributed by atoms with E-state index in [-0.39, 0.29) is 12.5 Å².